The van der Waals surface area contributed by atoms with Crippen LogP contribution in [0.2, 0.25) is 0 Å². The summed E-state index contributed by atoms with van der Waals surface area (Å²) in [6.07, 6.45) is 2.62. The van der Waals surface area contributed by atoms with Crippen molar-refractivity contribution in [2.24, 2.45) is 10.9 Å². The van der Waals surface area contributed by atoms with Crippen molar-refractivity contribution in [1.82, 2.24) is 15.5 Å². The molecule has 0 bridgehead atoms. The quantitative estimate of drug-likeness (QED) is 0.414. The molecule has 2 N–H and O–H groups in total. The standard InChI is InChI=1S/C22H36N4O3/c1-22(2,3)29-21(27)26-14-11-18(12-15-26)17-25-20(23-4)24-13-8-16-28-19-9-6-5-7-10-19/h5-7,9-10,18H,8,11-17H2,1-4H3,(H2,23,24,25). The number of benzene rings is 1. The molecule has 0 saturated carbocycles. The van der Waals surface area contributed by atoms with Gasteiger partial charge in [0.05, 0.1) is 6.61 Å². The highest BCUT2D eigenvalue weighted by atomic mass is 16.6. The molecule has 1 amide bonds. The van der Waals surface area contributed by atoms with E-state index >= 15 is 0 Å². The first-order valence-electron chi connectivity index (χ1n) is 10.5. The van der Waals surface area contributed by atoms with Gasteiger partial charge in [-0.25, -0.2) is 4.79 Å². The number of ether oxygens (including phenoxy) is 2. The molecule has 0 unspecified atom stereocenters. The Labute approximate surface area is 174 Å². The van der Waals surface area contributed by atoms with Gasteiger partial charge in [0.25, 0.3) is 0 Å². The Balaban J connectivity index is 1.58. The molecule has 0 atom stereocenters. The zero-order chi connectivity index (χ0) is 21.1. The molecule has 7 heteroatoms. The number of hydrogen-bond donors (Lipinski definition) is 2. The number of aliphatic imine (C=N–C) groups is 1. The SMILES string of the molecule is CN=C(NCCCOc1ccccc1)NCC1CCN(C(=O)OC(C)(C)C)CC1. The molecule has 1 aromatic rings. The highest BCUT2D eigenvalue weighted by Crippen LogP contribution is 2.19. The van der Waals surface area contributed by atoms with E-state index in [1.54, 1.807) is 7.05 Å². The van der Waals surface area contributed by atoms with Gasteiger partial charge in [0, 0.05) is 33.2 Å². The Bertz CT molecular complexity index is 635. The van der Waals surface area contributed by atoms with Gasteiger partial charge in [-0.3, -0.25) is 4.99 Å². The lowest BCUT2D eigenvalue weighted by molar-refractivity contribution is 0.0185. The molecule has 0 aliphatic carbocycles. The van der Waals surface area contributed by atoms with Gasteiger partial charge in [-0.15, -0.1) is 0 Å². The van der Waals surface area contributed by atoms with Crippen molar-refractivity contribution >= 4 is 12.1 Å². The number of amides is 1. The smallest absolute Gasteiger partial charge is 0.410 e. The van der Waals surface area contributed by atoms with Crippen LogP contribution in [0.25, 0.3) is 0 Å². The number of carbonyl (C=O) groups excluding carboxylic acids is 1. The fraction of sp³-hybridized carbons (Fsp3) is 0.636. The second-order valence-corrected chi connectivity index (χ2v) is 8.31. The summed E-state index contributed by atoms with van der Waals surface area (Å²) < 4.78 is 11.1. The molecule has 1 aliphatic heterocycles. The predicted octanol–water partition coefficient (Wildman–Crippen LogP) is 3.27. The van der Waals surface area contributed by atoms with Crippen LogP contribution in [0.15, 0.2) is 35.3 Å². The number of para-hydroxylation sites is 1. The number of carbonyl (C=O) groups is 1. The molecule has 162 valence electrons. The van der Waals surface area contributed by atoms with Crippen LogP contribution in [0.1, 0.15) is 40.0 Å². The van der Waals surface area contributed by atoms with Crippen molar-refractivity contribution in [3.05, 3.63) is 30.3 Å². The van der Waals surface area contributed by atoms with E-state index in [4.69, 9.17) is 9.47 Å². The van der Waals surface area contributed by atoms with Crippen LogP contribution in [0.4, 0.5) is 4.79 Å². The Hall–Kier alpha value is -2.44. The van der Waals surface area contributed by atoms with Crippen molar-refractivity contribution in [2.75, 3.05) is 39.8 Å². The summed E-state index contributed by atoms with van der Waals surface area (Å²) in [7, 11) is 1.78. The topological polar surface area (TPSA) is 75.2 Å². The third kappa shape index (κ3) is 9.07. The molecule has 7 nitrogen and oxygen atoms in total. The highest BCUT2D eigenvalue weighted by Gasteiger charge is 2.26. The molecule has 1 aliphatic rings. The summed E-state index contributed by atoms with van der Waals surface area (Å²) in [5, 5.41) is 6.72. The third-order valence-electron chi connectivity index (χ3n) is 4.67. The lowest BCUT2D eigenvalue weighted by atomic mass is 9.97. The van der Waals surface area contributed by atoms with Crippen molar-refractivity contribution in [3.63, 3.8) is 0 Å². The maximum absolute atomic E-state index is 12.1. The summed E-state index contributed by atoms with van der Waals surface area (Å²) in [5.41, 5.74) is -0.445. The number of likely N-dealkylation sites (tertiary alicyclic amines) is 1. The monoisotopic (exact) mass is 404 g/mol. The summed E-state index contributed by atoms with van der Waals surface area (Å²) >= 11 is 0. The molecular formula is C22H36N4O3. The summed E-state index contributed by atoms with van der Waals surface area (Å²) in [6, 6.07) is 9.84. The van der Waals surface area contributed by atoms with Gasteiger partial charge in [-0.2, -0.15) is 0 Å². The molecule has 0 aromatic heterocycles. The van der Waals surface area contributed by atoms with Crippen LogP contribution in [-0.4, -0.2) is 62.4 Å². The molecule has 1 aromatic carbocycles. The van der Waals surface area contributed by atoms with E-state index in [2.05, 4.69) is 15.6 Å². The van der Waals surface area contributed by atoms with Crippen LogP contribution < -0.4 is 15.4 Å². The van der Waals surface area contributed by atoms with Crippen molar-refractivity contribution in [3.8, 4) is 5.75 Å². The molecule has 2 rings (SSSR count). The normalized spacial score (nSPS) is 15.7. The average Bonchev–Trinajstić information content (AvgIpc) is 2.70. The van der Waals surface area contributed by atoms with Crippen LogP contribution in [0.5, 0.6) is 5.75 Å². The van der Waals surface area contributed by atoms with Crippen LogP contribution >= 0.6 is 0 Å². The maximum atomic E-state index is 12.1. The summed E-state index contributed by atoms with van der Waals surface area (Å²) in [5.74, 6) is 2.22. The first-order chi connectivity index (χ1) is 13.9. The first-order valence-corrected chi connectivity index (χ1v) is 10.5. The van der Waals surface area contributed by atoms with Crippen molar-refractivity contribution in [2.45, 2.75) is 45.6 Å². The maximum Gasteiger partial charge on any atom is 0.410 e. The van der Waals surface area contributed by atoms with E-state index in [1.165, 1.54) is 0 Å². The number of hydrogen-bond acceptors (Lipinski definition) is 4. The average molecular weight is 405 g/mol. The predicted molar refractivity (Wildman–Crippen MR) is 116 cm³/mol. The van der Waals surface area contributed by atoms with E-state index in [0.717, 1.165) is 57.2 Å². The molecular weight excluding hydrogens is 368 g/mol. The lowest BCUT2D eigenvalue weighted by Gasteiger charge is -2.33. The van der Waals surface area contributed by atoms with Crippen molar-refractivity contribution < 1.29 is 14.3 Å². The molecule has 1 heterocycles. The van der Waals surface area contributed by atoms with E-state index in [9.17, 15) is 4.79 Å². The largest absolute Gasteiger partial charge is 0.494 e. The van der Waals surface area contributed by atoms with Crippen LogP contribution in [0, 0.1) is 5.92 Å². The van der Waals surface area contributed by atoms with Gasteiger partial charge in [0.15, 0.2) is 5.96 Å². The fourth-order valence-electron chi connectivity index (χ4n) is 3.09. The van der Waals surface area contributed by atoms with Crippen LogP contribution in [-0.2, 0) is 4.74 Å². The van der Waals surface area contributed by atoms with Gasteiger partial charge >= 0.3 is 6.09 Å². The van der Waals surface area contributed by atoms with Gasteiger partial charge in [-0.05, 0) is 58.1 Å². The minimum Gasteiger partial charge on any atom is -0.494 e. The van der Waals surface area contributed by atoms with E-state index in [0.29, 0.717) is 12.5 Å². The molecule has 29 heavy (non-hydrogen) atoms. The second kappa shape index (κ2) is 11.5. The van der Waals surface area contributed by atoms with Gasteiger partial charge in [0.1, 0.15) is 11.4 Å². The third-order valence-corrected chi connectivity index (χ3v) is 4.67. The second-order valence-electron chi connectivity index (χ2n) is 8.31. The molecule has 1 saturated heterocycles. The number of rotatable bonds is 7. The minimum absolute atomic E-state index is 0.209. The highest BCUT2D eigenvalue weighted by molar-refractivity contribution is 5.79. The number of nitrogens with zero attached hydrogens (tertiary/aromatic N) is 2. The molecule has 0 radical (unpaired) electrons. The summed E-state index contributed by atoms with van der Waals surface area (Å²) in [6.45, 7) is 9.48. The zero-order valence-corrected chi connectivity index (χ0v) is 18.2. The number of guanidine groups is 1. The molecule has 0 spiro atoms. The van der Waals surface area contributed by atoms with Gasteiger partial charge < -0.3 is 25.0 Å². The summed E-state index contributed by atoms with van der Waals surface area (Å²) in [4.78, 5) is 18.2. The van der Waals surface area contributed by atoms with Crippen molar-refractivity contribution in [1.29, 1.82) is 0 Å². The Morgan fingerprint density at radius 3 is 2.48 bits per heavy atom. The number of nitrogens with one attached hydrogen (secondary N) is 2. The number of piperidine rings is 1. The van der Waals surface area contributed by atoms with E-state index < -0.39 is 5.60 Å². The Morgan fingerprint density at radius 2 is 1.86 bits per heavy atom. The Morgan fingerprint density at radius 1 is 1.17 bits per heavy atom. The lowest BCUT2D eigenvalue weighted by Crippen LogP contribution is -2.45. The zero-order valence-electron chi connectivity index (χ0n) is 18.2. The van der Waals surface area contributed by atoms with E-state index in [1.807, 2.05) is 56.0 Å². The van der Waals surface area contributed by atoms with Crippen LogP contribution in [0.3, 0.4) is 0 Å². The van der Waals surface area contributed by atoms with E-state index in [-0.39, 0.29) is 6.09 Å². The first kappa shape index (κ1) is 22.8. The van der Waals surface area contributed by atoms with Gasteiger partial charge in [0.2, 0.25) is 0 Å². The minimum atomic E-state index is -0.445. The Kier molecular flexibility index (Phi) is 9.09. The van der Waals surface area contributed by atoms with Gasteiger partial charge in [-0.1, -0.05) is 18.2 Å². The fourth-order valence-corrected chi connectivity index (χ4v) is 3.09. The molecule has 1 fully saturated rings.